The minimum absolute atomic E-state index is 0.155. The number of aliphatic hydroxyl groups is 1. The third-order valence-electron chi connectivity index (χ3n) is 4.72. The SMILES string of the molecule is C[C@H]1C(=O)[C@H](O)[C@@H](c2ccccc2)N(O)C[C@H]1c1ccccc1. The number of carbonyl (C=O) groups excluding carboxylic acids is 1. The van der Waals surface area contributed by atoms with Crippen molar-refractivity contribution in [2.24, 2.45) is 5.92 Å². The third-order valence-corrected chi connectivity index (χ3v) is 4.72. The first kappa shape index (κ1) is 15.9. The Bertz CT molecular complexity index is 659. The smallest absolute Gasteiger partial charge is 0.166 e. The molecule has 4 heteroatoms. The fraction of sp³-hybridized carbons (Fsp3) is 0.316. The molecule has 0 spiro atoms. The van der Waals surface area contributed by atoms with Crippen molar-refractivity contribution in [2.45, 2.75) is 25.0 Å². The highest BCUT2D eigenvalue weighted by Gasteiger charge is 2.42. The van der Waals surface area contributed by atoms with Crippen LogP contribution in [-0.2, 0) is 4.79 Å². The van der Waals surface area contributed by atoms with E-state index in [4.69, 9.17) is 0 Å². The molecule has 1 saturated heterocycles. The predicted molar refractivity (Wildman–Crippen MR) is 87.0 cm³/mol. The summed E-state index contributed by atoms with van der Waals surface area (Å²) in [6, 6.07) is 18.1. The van der Waals surface area contributed by atoms with Crippen molar-refractivity contribution < 1.29 is 15.1 Å². The van der Waals surface area contributed by atoms with Gasteiger partial charge in [0.25, 0.3) is 0 Å². The van der Waals surface area contributed by atoms with E-state index in [0.717, 1.165) is 16.2 Å². The molecule has 1 fully saturated rings. The van der Waals surface area contributed by atoms with E-state index < -0.39 is 12.1 Å². The third kappa shape index (κ3) is 3.06. The molecule has 0 saturated carbocycles. The molecule has 0 bridgehead atoms. The van der Waals surface area contributed by atoms with Crippen LogP contribution in [0.3, 0.4) is 0 Å². The van der Waals surface area contributed by atoms with Gasteiger partial charge in [0.2, 0.25) is 0 Å². The van der Waals surface area contributed by atoms with Crippen molar-refractivity contribution >= 4 is 5.78 Å². The molecule has 0 aliphatic carbocycles. The monoisotopic (exact) mass is 311 g/mol. The lowest BCUT2D eigenvalue weighted by molar-refractivity contribution is -0.160. The topological polar surface area (TPSA) is 60.8 Å². The number of hydrogen-bond donors (Lipinski definition) is 2. The number of hydrogen-bond acceptors (Lipinski definition) is 4. The Kier molecular flexibility index (Phi) is 4.57. The van der Waals surface area contributed by atoms with Gasteiger partial charge in [0.15, 0.2) is 5.78 Å². The summed E-state index contributed by atoms with van der Waals surface area (Å²) in [7, 11) is 0. The van der Waals surface area contributed by atoms with E-state index in [1.807, 2.05) is 67.6 Å². The first-order valence-corrected chi connectivity index (χ1v) is 7.87. The summed E-state index contributed by atoms with van der Waals surface area (Å²) in [5, 5.41) is 22.2. The second-order valence-corrected chi connectivity index (χ2v) is 6.13. The maximum absolute atomic E-state index is 12.7. The number of carbonyl (C=O) groups is 1. The van der Waals surface area contributed by atoms with Crippen LogP contribution in [0.1, 0.15) is 30.0 Å². The molecule has 0 aromatic heterocycles. The molecule has 23 heavy (non-hydrogen) atoms. The van der Waals surface area contributed by atoms with Crippen LogP contribution in [0.2, 0.25) is 0 Å². The number of nitrogens with zero attached hydrogens (tertiary/aromatic N) is 1. The first-order chi connectivity index (χ1) is 11.1. The summed E-state index contributed by atoms with van der Waals surface area (Å²) >= 11 is 0. The quantitative estimate of drug-likeness (QED) is 0.895. The van der Waals surface area contributed by atoms with Gasteiger partial charge in [-0.25, -0.2) is 0 Å². The van der Waals surface area contributed by atoms with Crippen LogP contribution in [0.4, 0.5) is 0 Å². The van der Waals surface area contributed by atoms with E-state index in [2.05, 4.69) is 0 Å². The van der Waals surface area contributed by atoms with Gasteiger partial charge in [0.05, 0.1) is 6.04 Å². The number of hydroxylamine groups is 2. The Morgan fingerprint density at radius 2 is 1.48 bits per heavy atom. The number of rotatable bonds is 2. The Morgan fingerprint density at radius 1 is 0.957 bits per heavy atom. The Labute approximate surface area is 136 Å². The summed E-state index contributed by atoms with van der Waals surface area (Å²) in [6.07, 6.45) is -1.24. The van der Waals surface area contributed by atoms with Crippen LogP contribution < -0.4 is 0 Å². The van der Waals surface area contributed by atoms with Crippen LogP contribution in [-0.4, -0.2) is 33.8 Å². The van der Waals surface area contributed by atoms with E-state index in [-0.39, 0.29) is 17.6 Å². The van der Waals surface area contributed by atoms with E-state index in [1.165, 1.54) is 0 Å². The number of benzene rings is 2. The molecule has 1 aliphatic rings. The van der Waals surface area contributed by atoms with Gasteiger partial charge in [0, 0.05) is 18.4 Å². The molecular weight excluding hydrogens is 290 g/mol. The van der Waals surface area contributed by atoms with Gasteiger partial charge < -0.3 is 10.3 Å². The first-order valence-electron chi connectivity index (χ1n) is 7.87. The lowest BCUT2D eigenvalue weighted by atomic mass is 9.83. The lowest BCUT2D eigenvalue weighted by Gasteiger charge is -2.28. The van der Waals surface area contributed by atoms with Crippen LogP contribution in [0, 0.1) is 5.92 Å². The molecule has 2 aromatic rings. The highest BCUT2D eigenvalue weighted by Crippen LogP contribution is 2.36. The van der Waals surface area contributed by atoms with Gasteiger partial charge in [-0.1, -0.05) is 67.6 Å². The highest BCUT2D eigenvalue weighted by molar-refractivity contribution is 5.87. The minimum atomic E-state index is -1.24. The fourth-order valence-corrected chi connectivity index (χ4v) is 3.36. The van der Waals surface area contributed by atoms with Crippen molar-refractivity contribution in [3.63, 3.8) is 0 Å². The number of Topliss-reactive ketones (excluding diaryl/α,β-unsaturated/α-hetero) is 1. The Morgan fingerprint density at radius 3 is 2.04 bits per heavy atom. The molecule has 1 aliphatic heterocycles. The highest BCUT2D eigenvalue weighted by atomic mass is 16.5. The van der Waals surface area contributed by atoms with Gasteiger partial charge in [-0.05, 0) is 11.1 Å². The van der Waals surface area contributed by atoms with Crippen LogP contribution in [0.25, 0.3) is 0 Å². The molecule has 4 atom stereocenters. The van der Waals surface area contributed by atoms with E-state index >= 15 is 0 Å². The minimum Gasteiger partial charge on any atom is -0.383 e. The zero-order valence-electron chi connectivity index (χ0n) is 13.0. The van der Waals surface area contributed by atoms with Gasteiger partial charge in [0.1, 0.15) is 6.10 Å². The van der Waals surface area contributed by atoms with Crippen LogP contribution in [0.15, 0.2) is 60.7 Å². The van der Waals surface area contributed by atoms with Crippen molar-refractivity contribution in [3.8, 4) is 0 Å². The second kappa shape index (κ2) is 6.62. The van der Waals surface area contributed by atoms with E-state index in [0.29, 0.717) is 6.54 Å². The number of ketones is 1. The summed E-state index contributed by atoms with van der Waals surface area (Å²) in [5.41, 5.74) is 1.73. The van der Waals surface area contributed by atoms with Crippen molar-refractivity contribution in [3.05, 3.63) is 71.8 Å². The molecule has 3 rings (SSSR count). The van der Waals surface area contributed by atoms with Crippen LogP contribution in [0.5, 0.6) is 0 Å². The van der Waals surface area contributed by atoms with Crippen molar-refractivity contribution in [2.75, 3.05) is 6.54 Å². The zero-order chi connectivity index (χ0) is 16.4. The zero-order valence-corrected chi connectivity index (χ0v) is 13.0. The Hall–Kier alpha value is -2.01. The molecule has 0 radical (unpaired) electrons. The van der Waals surface area contributed by atoms with Crippen molar-refractivity contribution in [1.29, 1.82) is 0 Å². The second-order valence-electron chi connectivity index (χ2n) is 6.13. The predicted octanol–water partition coefficient (Wildman–Crippen LogP) is 2.78. The maximum atomic E-state index is 12.7. The summed E-state index contributed by atoms with van der Waals surface area (Å²) in [4.78, 5) is 12.7. The fourth-order valence-electron chi connectivity index (χ4n) is 3.36. The summed E-state index contributed by atoms with van der Waals surface area (Å²) in [5.74, 6) is -0.753. The largest absolute Gasteiger partial charge is 0.383 e. The lowest BCUT2D eigenvalue weighted by Crippen LogP contribution is -2.37. The standard InChI is InChI=1S/C19H21NO3/c1-13-16(14-8-4-2-5-9-14)12-20(23)17(19(22)18(13)21)15-10-6-3-7-11-15/h2-11,13,16-17,19,22-23H,12H2,1H3/t13-,16-,17-,19-/m1/s1. The molecule has 4 nitrogen and oxygen atoms in total. The average Bonchev–Trinajstić information content (AvgIpc) is 2.67. The number of aliphatic hydroxyl groups excluding tert-OH is 1. The molecule has 120 valence electrons. The van der Waals surface area contributed by atoms with Gasteiger partial charge in [-0.15, -0.1) is 0 Å². The molecule has 2 aromatic carbocycles. The van der Waals surface area contributed by atoms with Gasteiger partial charge >= 0.3 is 0 Å². The maximum Gasteiger partial charge on any atom is 0.166 e. The normalized spacial score (nSPS) is 29.3. The van der Waals surface area contributed by atoms with Crippen molar-refractivity contribution in [1.82, 2.24) is 5.06 Å². The molecule has 2 N–H and O–H groups in total. The van der Waals surface area contributed by atoms with Crippen LogP contribution >= 0.6 is 0 Å². The molecule has 0 unspecified atom stereocenters. The summed E-state index contributed by atoms with van der Waals surface area (Å²) < 4.78 is 0. The van der Waals surface area contributed by atoms with Gasteiger partial charge in [-0.2, -0.15) is 5.06 Å². The van der Waals surface area contributed by atoms with Gasteiger partial charge in [-0.3, -0.25) is 4.79 Å². The van der Waals surface area contributed by atoms with E-state index in [9.17, 15) is 15.1 Å². The Balaban J connectivity index is 1.97. The summed E-state index contributed by atoms with van der Waals surface area (Å²) in [6.45, 7) is 2.12. The average molecular weight is 311 g/mol. The van der Waals surface area contributed by atoms with E-state index in [1.54, 1.807) is 0 Å². The molecule has 1 heterocycles. The molecular formula is C19H21NO3. The molecule has 0 amide bonds.